The van der Waals surface area contributed by atoms with Crippen LogP contribution in [0.3, 0.4) is 0 Å². The molecule has 0 saturated heterocycles. The highest BCUT2D eigenvalue weighted by Crippen LogP contribution is 2.42. The van der Waals surface area contributed by atoms with Crippen molar-refractivity contribution >= 4 is 33.2 Å². The number of nitrogens with zero attached hydrogens (tertiary/aromatic N) is 2. The van der Waals surface area contributed by atoms with Crippen molar-refractivity contribution in [1.82, 2.24) is 0 Å². The van der Waals surface area contributed by atoms with Crippen molar-refractivity contribution in [2.24, 2.45) is 5.92 Å². The second-order valence-electron chi connectivity index (χ2n) is 4.70. The minimum atomic E-state index is -0.415. The van der Waals surface area contributed by atoms with Crippen molar-refractivity contribution in [3.05, 3.63) is 32.3 Å². The number of fused-ring (bicyclic) bond motifs is 1. The molecule has 1 amide bonds. The summed E-state index contributed by atoms with van der Waals surface area (Å²) in [7, 11) is 0. The molecule has 0 unspecified atom stereocenters. The lowest BCUT2D eigenvalue weighted by molar-refractivity contribution is -0.384. The zero-order valence-electron chi connectivity index (χ0n) is 9.56. The molecule has 0 bridgehead atoms. The molecule has 1 aromatic rings. The molecule has 0 atom stereocenters. The molecule has 1 heterocycles. The van der Waals surface area contributed by atoms with Crippen LogP contribution in [0.2, 0.25) is 0 Å². The van der Waals surface area contributed by atoms with Gasteiger partial charge in [-0.3, -0.25) is 14.9 Å². The Bertz CT molecular complexity index is 554. The van der Waals surface area contributed by atoms with Gasteiger partial charge in [0.15, 0.2) is 0 Å². The second kappa shape index (κ2) is 4.05. The van der Waals surface area contributed by atoms with Gasteiger partial charge in [0.1, 0.15) is 5.69 Å². The summed E-state index contributed by atoms with van der Waals surface area (Å²) in [5, 5.41) is 11.1. The van der Waals surface area contributed by atoms with Crippen LogP contribution in [-0.4, -0.2) is 17.4 Å². The number of nitro benzene ring substituents is 1. The molecule has 1 aliphatic heterocycles. The van der Waals surface area contributed by atoms with Gasteiger partial charge < -0.3 is 4.90 Å². The van der Waals surface area contributed by atoms with E-state index in [0.29, 0.717) is 23.1 Å². The Hall–Kier alpha value is -1.43. The molecule has 0 N–H and O–H groups in total. The number of halogens is 1. The van der Waals surface area contributed by atoms with Crippen LogP contribution in [-0.2, 0) is 11.2 Å². The number of carbonyl (C=O) groups excluding carboxylic acids is 1. The molecule has 0 spiro atoms. The van der Waals surface area contributed by atoms with Crippen molar-refractivity contribution in [2.75, 3.05) is 11.4 Å². The van der Waals surface area contributed by atoms with Gasteiger partial charge in [0.25, 0.3) is 5.69 Å². The summed E-state index contributed by atoms with van der Waals surface area (Å²) in [5.74, 6) is 0.123. The fourth-order valence-corrected chi connectivity index (χ4v) is 2.89. The molecule has 1 aliphatic carbocycles. The number of amides is 1. The van der Waals surface area contributed by atoms with Gasteiger partial charge in [-0.15, -0.1) is 0 Å². The second-order valence-corrected chi connectivity index (χ2v) is 5.62. The van der Waals surface area contributed by atoms with Crippen LogP contribution >= 0.6 is 15.9 Å². The molecule has 6 heteroatoms. The van der Waals surface area contributed by atoms with Gasteiger partial charge in [-0.1, -0.05) is 15.9 Å². The Morgan fingerprint density at radius 2 is 2.17 bits per heavy atom. The van der Waals surface area contributed by atoms with E-state index in [1.54, 1.807) is 4.90 Å². The average molecular weight is 311 g/mol. The minimum absolute atomic E-state index is 0.0193. The third-order valence-electron chi connectivity index (χ3n) is 3.40. The average Bonchev–Trinajstić information content (AvgIpc) is 3.08. The number of benzene rings is 1. The van der Waals surface area contributed by atoms with Gasteiger partial charge in [0.2, 0.25) is 5.91 Å². The van der Waals surface area contributed by atoms with Gasteiger partial charge in [-0.2, -0.15) is 0 Å². The van der Waals surface area contributed by atoms with E-state index in [2.05, 4.69) is 15.9 Å². The van der Waals surface area contributed by atoms with E-state index in [1.165, 1.54) is 6.07 Å². The van der Waals surface area contributed by atoms with E-state index in [4.69, 9.17) is 0 Å². The van der Waals surface area contributed by atoms with Crippen molar-refractivity contribution < 1.29 is 9.72 Å². The number of nitro groups is 1. The maximum Gasteiger partial charge on any atom is 0.294 e. The molecule has 94 valence electrons. The summed E-state index contributed by atoms with van der Waals surface area (Å²) >= 11 is 3.27. The van der Waals surface area contributed by atoms with Gasteiger partial charge in [-0.05, 0) is 30.9 Å². The normalized spacial score (nSPS) is 17.7. The lowest BCUT2D eigenvalue weighted by Crippen LogP contribution is -2.30. The Balaban J connectivity index is 2.08. The number of anilines is 1. The third-order valence-corrected chi connectivity index (χ3v) is 3.86. The number of rotatable bonds is 2. The molecular formula is C12H11BrN2O3. The number of carbonyl (C=O) groups is 1. The predicted octanol–water partition coefficient (Wildman–Crippen LogP) is 2.66. The molecule has 0 aromatic heterocycles. The maximum absolute atomic E-state index is 12.1. The predicted molar refractivity (Wildman–Crippen MR) is 69.6 cm³/mol. The van der Waals surface area contributed by atoms with E-state index in [9.17, 15) is 14.9 Å². The summed E-state index contributed by atoms with van der Waals surface area (Å²) in [4.78, 5) is 24.4. The molecule has 0 radical (unpaired) electrons. The fraction of sp³-hybridized carbons (Fsp3) is 0.417. The first kappa shape index (κ1) is 11.6. The first-order chi connectivity index (χ1) is 8.58. The fourth-order valence-electron chi connectivity index (χ4n) is 2.40. The third kappa shape index (κ3) is 1.80. The van der Waals surface area contributed by atoms with E-state index in [-0.39, 0.29) is 17.5 Å². The highest BCUT2D eigenvalue weighted by Gasteiger charge is 2.39. The molecule has 5 nitrogen and oxygen atoms in total. The van der Waals surface area contributed by atoms with Crippen molar-refractivity contribution in [2.45, 2.75) is 19.3 Å². The molecular weight excluding hydrogens is 300 g/mol. The van der Waals surface area contributed by atoms with Crippen LogP contribution in [0.15, 0.2) is 16.6 Å². The SMILES string of the molecule is O=C(C1CC1)N1CCc2cc(Br)cc([N+](=O)[O-])c21. The van der Waals surface area contributed by atoms with Crippen LogP contribution in [0.25, 0.3) is 0 Å². The first-order valence-corrected chi connectivity index (χ1v) is 6.65. The first-order valence-electron chi connectivity index (χ1n) is 5.86. The van der Waals surface area contributed by atoms with E-state index in [1.807, 2.05) is 6.07 Å². The van der Waals surface area contributed by atoms with E-state index < -0.39 is 4.92 Å². The van der Waals surface area contributed by atoms with Crippen molar-refractivity contribution in [1.29, 1.82) is 0 Å². The molecule has 1 fully saturated rings. The Labute approximate surface area is 112 Å². The van der Waals surface area contributed by atoms with Crippen LogP contribution in [0.1, 0.15) is 18.4 Å². The van der Waals surface area contributed by atoms with Gasteiger partial charge in [0, 0.05) is 23.0 Å². The largest absolute Gasteiger partial charge is 0.306 e. The van der Waals surface area contributed by atoms with Crippen molar-refractivity contribution in [3.63, 3.8) is 0 Å². The topological polar surface area (TPSA) is 63.5 Å². The molecule has 18 heavy (non-hydrogen) atoms. The number of hydrogen-bond acceptors (Lipinski definition) is 3. The maximum atomic E-state index is 12.1. The number of hydrogen-bond donors (Lipinski definition) is 0. The molecule has 1 aromatic carbocycles. The highest BCUT2D eigenvalue weighted by molar-refractivity contribution is 9.10. The summed E-state index contributed by atoms with van der Waals surface area (Å²) in [6, 6.07) is 3.33. The highest BCUT2D eigenvalue weighted by atomic mass is 79.9. The van der Waals surface area contributed by atoms with Crippen LogP contribution < -0.4 is 4.90 Å². The zero-order valence-corrected chi connectivity index (χ0v) is 11.1. The van der Waals surface area contributed by atoms with E-state index >= 15 is 0 Å². The van der Waals surface area contributed by atoms with Gasteiger partial charge >= 0.3 is 0 Å². The standard InChI is InChI=1S/C12H11BrN2O3/c13-9-5-8-3-4-14(12(16)7-1-2-7)11(8)10(6-9)15(17)18/h5-7H,1-4H2. The smallest absolute Gasteiger partial charge is 0.294 e. The molecule has 1 saturated carbocycles. The Morgan fingerprint density at radius 3 is 2.78 bits per heavy atom. The van der Waals surface area contributed by atoms with Crippen LogP contribution in [0.4, 0.5) is 11.4 Å². The summed E-state index contributed by atoms with van der Waals surface area (Å²) in [5.41, 5.74) is 1.40. The van der Waals surface area contributed by atoms with Gasteiger partial charge in [0.05, 0.1) is 4.92 Å². The summed E-state index contributed by atoms with van der Waals surface area (Å²) in [6.45, 7) is 0.557. The van der Waals surface area contributed by atoms with Gasteiger partial charge in [-0.25, -0.2) is 0 Å². The lowest BCUT2D eigenvalue weighted by atomic mass is 10.1. The van der Waals surface area contributed by atoms with Crippen LogP contribution in [0.5, 0.6) is 0 Å². The monoisotopic (exact) mass is 310 g/mol. The summed E-state index contributed by atoms with van der Waals surface area (Å²) < 4.78 is 0.689. The molecule has 2 aliphatic rings. The lowest BCUT2D eigenvalue weighted by Gasteiger charge is -2.16. The minimum Gasteiger partial charge on any atom is -0.306 e. The Kier molecular flexibility index (Phi) is 2.62. The zero-order chi connectivity index (χ0) is 12.9. The summed E-state index contributed by atoms with van der Waals surface area (Å²) in [6.07, 6.45) is 2.51. The van der Waals surface area contributed by atoms with Crippen LogP contribution in [0, 0.1) is 16.0 Å². The Morgan fingerprint density at radius 1 is 1.44 bits per heavy atom. The quantitative estimate of drug-likeness (QED) is 0.623. The van der Waals surface area contributed by atoms with E-state index in [0.717, 1.165) is 18.4 Å². The molecule has 3 rings (SSSR count). The van der Waals surface area contributed by atoms with Crippen molar-refractivity contribution in [3.8, 4) is 0 Å².